The number of ether oxygens (including phenoxy) is 1. The summed E-state index contributed by atoms with van der Waals surface area (Å²) in [5.74, 6) is -1.36. The molecule has 1 atom stereocenters. The number of carbonyl (C=O) groups excluding carboxylic acids is 1. The van der Waals surface area contributed by atoms with Crippen molar-refractivity contribution in [2.24, 2.45) is 0 Å². The summed E-state index contributed by atoms with van der Waals surface area (Å²) >= 11 is 1.10. The molecule has 0 fully saturated rings. The van der Waals surface area contributed by atoms with Crippen molar-refractivity contribution in [3.63, 3.8) is 0 Å². The molecular formula is C18H18F2N3O3S+. The number of quaternary nitrogens is 1. The number of thiophene rings is 1. The number of carbonyl (C=O) groups is 1. The van der Waals surface area contributed by atoms with Crippen LogP contribution in [0.4, 0.5) is 8.78 Å². The van der Waals surface area contributed by atoms with Crippen LogP contribution in [0.1, 0.15) is 39.6 Å². The summed E-state index contributed by atoms with van der Waals surface area (Å²) in [4.78, 5) is 32.1. The maximum atomic E-state index is 13.9. The summed E-state index contributed by atoms with van der Waals surface area (Å²) in [6.07, 6.45) is 0. The van der Waals surface area contributed by atoms with Gasteiger partial charge in [-0.25, -0.2) is 18.6 Å². The molecule has 9 heteroatoms. The average molecular weight is 394 g/mol. The van der Waals surface area contributed by atoms with Crippen LogP contribution in [-0.2, 0) is 11.3 Å². The van der Waals surface area contributed by atoms with E-state index in [2.05, 4.69) is 9.97 Å². The van der Waals surface area contributed by atoms with Crippen LogP contribution < -0.4 is 10.9 Å². The number of hydrogen-bond donors (Lipinski definition) is 2. The van der Waals surface area contributed by atoms with Gasteiger partial charge in [0.15, 0.2) is 5.82 Å². The van der Waals surface area contributed by atoms with Gasteiger partial charge in [-0.15, -0.1) is 11.3 Å². The van der Waals surface area contributed by atoms with E-state index in [9.17, 15) is 18.4 Å². The number of hydrogen-bond acceptors (Lipinski definition) is 5. The number of rotatable bonds is 5. The largest absolute Gasteiger partial charge is 0.465 e. The van der Waals surface area contributed by atoms with Crippen molar-refractivity contribution in [1.29, 1.82) is 0 Å². The lowest BCUT2D eigenvalue weighted by atomic mass is 10.1. The van der Waals surface area contributed by atoms with Gasteiger partial charge in [-0.2, -0.15) is 0 Å². The van der Waals surface area contributed by atoms with Crippen molar-refractivity contribution in [3.05, 3.63) is 62.0 Å². The van der Waals surface area contributed by atoms with Crippen LogP contribution in [-0.4, -0.2) is 23.0 Å². The SMILES string of the molecule is COC(=O)c1sc2nc(C[NH2+][C@@H](C)c3ccc(F)cc3F)[nH]c(=O)c2c1C. The number of aromatic nitrogens is 2. The maximum absolute atomic E-state index is 13.9. The molecule has 3 N–H and O–H groups in total. The van der Waals surface area contributed by atoms with E-state index in [1.54, 1.807) is 19.2 Å². The van der Waals surface area contributed by atoms with Crippen LogP contribution >= 0.6 is 11.3 Å². The maximum Gasteiger partial charge on any atom is 0.348 e. The standard InChI is InChI=1S/C18H17F2N3O3S/c1-8-14-16(24)22-13(23-17(14)27-15(8)18(25)26-3)7-21-9(2)11-5-4-10(19)6-12(11)20/h4-6,9,21H,7H2,1-3H3,(H,22,23,24)/p+1/t9-/m0/s1. The minimum Gasteiger partial charge on any atom is -0.465 e. The predicted octanol–water partition coefficient (Wildman–Crippen LogP) is 2.18. The van der Waals surface area contributed by atoms with Gasteiger partial charge in [0, 0.05) is 11.6 Å². The Morgan fingerprint density at radius 1 is 1.41 bits per heavy atom. The molecule has 27 heavy (non-hydrogen) atoms. The molecule has 1 aromatic carbocycles. The second-order valence-electron chi connectivity index (χ2n) is 6.13. The van der Waals surface area contributed by atoms with Crippen molar-refractivity contribution >= 4 is 27.5 Å². The number of benzene rings is 1. The highest BCUT2D eigenvalue weighted by Gasteiger charge is 2.20. The van der Waals surface area contributed by atoms with E-state index in [0.717, 1.165) is 17.4 Å². The molecule has 3 aromatic rings. The lowest BCUT2D eigenvalue weighted by molar-refractivity contribution is -0.709. The Bertz CT molecular complexity index is 1080. The van der Waals surface area contributed by atoms with Gasteiger partial charge >= 0.3 is 5.97 Å². The predicted molar refractivity (Wildman–Crippen MR) is 96.7 cm³/mol. The Hall–Kier alpha value is -2.65. The fourth-order valence-electron chi connectivity index (χ4n) is 2.86. The van der Waals surface area contributed by atoms with E-state index in [-0.39, 0.29) is 18.1 Å². The van der Waals surface area contributed by atoms with Gasteiger partial charge in [0.25, 0.3) is 5.56 Å². The summed E-state index contributed by atoms with van der Waals surface area (Å²) in [5.41, 5.74) is 0.556. The Morgan fingerprint density at radius 2 is 2.15 bits per heavy atom. The number of methoxy groups -OCH3 is 1. The first-order valence-corrected chi connectivity index (χ1v) is 9.02. The molecule has 0 saturated carbocycles. The number of aryl methyl sites for hydroxylation is 1. The highest BCUT2D eigenvalue weighted by Crippen LogP contribution is 2.27. The molecule has 0 saturated heterocycles. The quantitative estimate of drug-likeness (QED) is 0.650. The molecule has 0 aliphatic heterocycles. The van der Waals surface area contributed by atoms with Crippen molar-refractivity contribution in [3.8, 4) is 0 Å². The fourth-order valence-corrected chi connectivity index (χ4v) is 3.98. The summed E-state index contributed by atoms with van der Waals surface area (Å²) < 4.78 is 31.6. The van der Waals surface area contributed by atoms with Gasteiger partial charge in [0.1, 0.15) is 33.9 Å². The van der Waals surface area contributed by atoms with Crippen LogP contribution in [0.5, 0.6) is 0 Å². The van der Waals surface area contributed by atoms with Crippen molar-refractivity contribution < 1.29 is 23.6 Å². The highest BCUT2D eigenvalue weighted by atomic mass is 32.1. The normalized spacial score (nSPS) is 12.3. The number of halogens is 2. The van der Waals surface area contributed by atoms with Crippen molar-refractivity contribution in [2.45, 2.75) is 26.4 Å². The first-order chi connectivity index (χ1) is 12.8. The number of nitrogens with one attached hydrogen (secondary N) is 1. The smallest absolute Gasteiger partial charge is 0.348 e. The molecule has 142 valence electrons. The minimum absolute atomic E-state index is 0.285. The van der Waals surface area contributed by atoms with Crippen LogP contribution in [0, 0.1) is 18.6 Å². The van der Waals surface area contributed by atoms with Gasteiger partial charge < -0.3 is 15.0 Å². The average Bonchev–Trinajstić information content (AvgIpc) is 2.96. The summed E-state index contributed by atoms with van der Waals surface area (Å²) in [6, 6.07) is 3.14. The molecular weight excluding hydrogens is 376 g/mol. The Balaban J connectivity index is 1.85. The van der Waals surface area contributed by atoms with E-state index < -0.39 is 17.6 Å². The summed E-state index contributed by atoms with van der Waals surface area (Å²) in [6.45, 7) is 3.73. The Morgan fingerprint density at radius 3 is 2.81 bits per heavy atom. The molecule has 0 unspecified atom stereocenters. The number of nitrogens with zero attached hydrogens (tertiary/aromatic N) is 1. The first-order valence-electron chi connectivity index (χ1n) is 8.20. The molecule has 0 bridgehead atoms. The van der Waals surface area contributed by atoms with Crippen LogP contribution in [0.2, 0.25) is 0 Å². The third-order valence-corrected chi connectivity index (χ3v) is 5.50. The third kappa shape index (κ3) is 3.74. The van der Waals surface area contributed by atoms with E-state index >= 15 is 0 Å². The number of aromatic amines is 1. The Labute approximate surface area is 157 Å². The fraction of sp³-hybridized carbons (Fsp3) is 0.278. The zero-order valence-electron chi connectivity index (χ0n) is 14.9. The zero-order chi connectivity index (χ0) is 19.7. The van der Waals surface area contributed by atoms with Crippen molar-refractivity contribution in [2.75, 3.05) is 7.11 Å². The summed E-state index contributed by atoms with van der Waals surface area (Å²) in [7, 11) is 1.28. The molecule has 0 aliphatic carbocycles. The molecule has 0 radical (unpaired) electrons. The topological polar surface area (TPSA) is 88.7 Å². The van der Waals surface area contributed by atoms with Gasteiger partial charge in [-0.1, -0.05) is 0 Å². The van der Waals surface area contributed by atoms with Crippen molar-refractivity contribution in [1.82, 2.24) is 9.97 Å². The summed E-state index contributed by atoms with van der Waals surface area (Å²) in [5, 5.41) is 2.14. The number of H-pyrrole nitrogens is 1. The van der Waals surface area contributed by atoms with E-state index in [1.165, 1.54) is 19.2 Å². The molecule has 3 rings (SSSR count). The van der Waals surface area contributed by atoms with Gasteiger partial charge in [0.05, 0.1) is 12.5 Å². The molecule has 0 spiro atoms. The zero-order valence-corrected chi connectivity index (χ0v) is 15.7. The van der Waals surface area contributed by atoms with Crippen LogP contribution in [0.15, 0.2) is 23.0 Å². The van der Waals surface area contributed by atoms with Gasteiger partial charge in [0.2, 0.25) is 0 Å². The van der Waals surface area contributed by atoms with E-state index in [4.69, 9.17) is 4.74 Å². The second kappa shape index (κ2) is 7.53. The molecule has 6 nitrogen and oxygen atoms in total. The lowest BCUT2D eigenvalue weighted by Gasteiger charge is -2.11. The van der Waals surface area contributed by atoms with Crippen LogP contribution in [0.3, 0.4) is 0 Å². The second-order valence-corrected chi connectivity index (χ2v) is 7.13. The third-order valence-electron chi connectivity index (χ3n) is 4.34. The molecule has 0 amide bonds. The van der Waals surface area contributed by atoms with E-state index in [0.29, 0.717) is 32.0 Å². The van der Waals surface area contributed by atoms with E-state index in [1.807, 2.05) is 0 Å². The highest BCUT2D eigenvalue weighted by molar-refractivity contribution is 7.20. The molecule has 2 heterocycles. The molecule has 2 aromatic heterocycles. The van der Waals surface area contributed by atoms with Gasteiger partial charge in [-0.3, -0.25) is 4.79 Å². The number of esters is 1. The minimum atomic E-state index is -0.630. The van der Waals surface area contributed by atoms with Gasteiger partial charge in [-0.05, 0) is 31.5 Å². The number of fused-ring (bicyclic) bond motifs is 1. The first kappa shape index (κ1) is 19.1. The van der Waals surface area contributed by atoms with Crippen LogP contribution in [0.25, 0.3) is 10.2 Å². The number of nitrogens with two attached hydrogens (primary N) is 1. The monoisotopic (exact) mass is 394 g/mol. The molecule has 0 aliphatic rings. The lowest BCUT2D eigenvalue weighted by Crippen LogP contribution is -2.83. The Kier molecular flexibility index (Phi) is 5.33.